The number of likely N-dealkylation sites (N-methyl/N-ethyl adjacent to an activating group) is 1. The minimum atomic E-state index is 0.355. The topological polar surface area (TPSA) is 27.3 Å². The summed E-state index contributed by atoms with van der Waals surface area (Å²) in [6, 6.07) is 0. The molecular formula is C15H23N3. The highest BCUT2D eigenvalue weighted by atomic mass is 15.2. The number of hydrogen-bond donors (Lipinski definition) is 2. The Labute approximate surface area is 110 Å². The summed E-state index contributed by atoms with van der Waals surface area (Å²) < 4.78 is 0. The highest BCUT2D eigenvalue weighted by Crippen LogP contribution is 2.18. The molecular weight excluding hydrogens is 222 g/mol. The second kappa shape index (κ2) is 5.97. The van der Waals surface area contributed by atoms with Gasteiger partial charge in [0.2, 0.25) is 0 Å². The first-order chi connectivity index (χ1) is 8.72. The molecule has 0 aromatic rings. The van der Waals surface area contributed by atoms with Gasteiger partial charge in [0.15, 0.2) is 0 Å². The lowest BCUT2D eigenvalue weighted by Crippen LogP contribution is -2.43. The molecule has 0 bridgehead atoms. The first-order valence-corrected chi connectivity index (χ1v) is 6.80. The summed E-state index contributed by atoms with van der Waals surface area (Å²) in [5.41, 5.74) is 2.30. The van der Waals surface area contributed by atoms with Crippen LogP contribution < -0.4 is 10.6 Å². The van der Waals surface area contributed by atoms with E-state index >= 15 is 0 Å². The molecule has 1 fully saturated rings. The molecule has 0 aromatic carbocycles. The molecule has 0 spiro atoms. The van der Waals surface area contributed by atoms with E-state index in [1.165, 1.54) is 0 Å². The second-order valence-corrected chi connectivity index (χ2v) is 5.15. The third kappa shape index (κ3) is 2.88. The van der Waals surface area contributed by atoms with Gasteiger partial charge in [-0.15, -0.1) is 0 Å². The predicted molar refractivity (Wildman–Crippen MR) is 75.8 cm³/mol. The van der Waals surface area contributed by atoms with Crippen LogP contribution in [0.4, 0.5) is 0 Å². The summed E-state index contributed by atoms with van der Waals surface area (Å²) in [5, 5.41) is 6.66. The Kier molecular flexibility index (Phi) is 4.33. The number of nitrogens with one attached hydrogen (secondary N) is 2. The lowest BCUT2D eigenvalue weighted by Gasteiger charge is -2.30. The number of nitrogens with zero attached hydrogens (tertiary/aromatic N) is 1. The first-order valence-electron chi connectivity index (χ1n) is 6.80. The maximum atomic E-state index is 3.40. The van der Waals surface area contributed by atoms with Crippen LogP contribution >= 0.6 is 0 Å². The Bertz CT molecular complexity index is 403. The molecule has 3 heteroatoms. The van der Waals surface area contributed by atoms with Gasteiger partial charge in [0.25, 0.3) is 0 Å². The zero-order valence-electron chi connectivity index (χ0n) is 11.6. The highest BCUT2D eigenvalue weighted by Gasteiger charge is 2.17. The lowest BCUT2D eigenvalue weighted by molar-refractivity contribution is 0.307. The van der Waals surface area contributed by atoms with E-state index < -0.39 is 0 Å². The number of piperazine rings is 1. The van der Waals surface area contributed by atoms with Crippen molar-refractivity contribution < 1.29 is 0 Å². The van der Waals surface area contributed by atoms with Gasteiger partial charge in [-0.3, -0.25) is 0 Å². The average Bonchev–Trinajstić information content (AvgIpc) is 2.61. The summed E-state index contributed by atoms with van der Waals surface area (Å²) in [6.45, 7) is 8.60. The Balaban J connectivity index is 2.25. The van der Waals surface area contributed by atoms with Crippen molar-refractivity contribution in [2.75, 3.05) is 33.2 Å². The van der Waals surface area contributed by atoms with Crippen LogP contribution in [0.3, 0.4) is 0 Å². The Morgan fingerprint density at radius 2 is 2.11 bits per heavy atom. The largest absolute Gasteiger partial charge is 0.386 e. The van der Waals surface area contributed by atoms with Crippen molar-refractivity contribution in [3.63, 3.8) is 0 Å². The molecule has 3 nitrogen and oxygen atoms in total. The van der Waals surface area contributed by atoms with Crippen molar-refractivity contribution in [3.8, 4) is 11.8 Å². The Hall–Kier alpha value is -1.40. The normalized spacial score (nSPS) is 23.8. The monoisotopic (exact) mass is 245 g/mol. The van der Waals surface area contributed by atoms with E-state index in [2.05, 4.69) is 53.4 Å². The van der Waals surface area contributed by atoms with Crippen LogP contribution in [-0.2, 0) is 0 Å². The summed E-state index contributed by atoms with van der Waals surface area (Å²) >= 11 is 0. The molecule has 1 heterocycles. The average molecular weight is 245 g/mol. The molecule has 98 valence electrons. The molecule has 18 heavy (non-hydrogen) atoms. The molecule has 2 rings (SSSR count). The maximum absolute atomic E-state index is 3.40. The maximum Gasteiger partial charge on any atom is 0.111 e. The Morgan fingerprint density at radius 3 is 2.72 bits per heavy atom. The quantitative estimate of drug-likeness (QED) is 0.731. The Morgan fingerprint density at radius 1 is 1.39 bits per heavy atom. The summed E-state index contributed by atoms with van der Waals surface area (Å²) in [6.07, 6.45) is 4.40. The van der Waals surface area contributed by atoms with E-state index in [0.717, 1.165) is 37.6 Å². The first kappa shape index (κ1) is 13.0. The van der Waals surface area contributed by atoms with Crippen LogP contribution in [0.25, 0.3) is 0 Å². The van der Waals surface area contributed by atoms with Crippen molar-refractivity contribution in [1.29, 1.82) is 0 Å². The fourth-order valence-electron chi connectivity index (χ4n) is 2.27. The van der Waals surface area contributed by atoms with Crippen LogP contribution in [0.2, 0.25) is 0 Å². The van der Waals surface area contributed by atoms with E-state index in [1.807, 2.05) is 7.05 Å². The summed E-state index contributed by atoms with van der Waals surface area (Å²) in [4.78, 5) is 2.38. The van der Waals surface area contributed by atoms with Gasteiger partial charge in [-0.05, 0) is 17.9 Å². The smallest absolute Gasteiger partial charge is 0.111 e. The third-order valence-corrected chi connectivity index (χ3v) is 3.50. The lowest BCUT2D eigenvalue weighted by atomic mass is 9.96. The summed E-state index contributed by atoms with van der Waals surface area (Å²) in [7, 11) is 1.97. The zero-order chi connectivity index (χ0) is 13.0. The van der Waals surface area contributed by atoms with Crippen molar-refractivity contribution in [2.45, 2.75) is 13.8 Å². The van der Waals surface area contributed by atoms with Crippen molar-refractivity contribution in [3.05, 3.63) is 23.5 Å². The van der Waals surface area contributed by atoms with Gasteiger partial charge in [0.05, 0.1) is 5.70 Å². The zero-order valence-corrected chi connectivity index (χ0v) is 11.6. The second-order valence-electron chi connectivity index (χ2n) is 5.15. The van der Waals surface area contributed by atoms with E-state index in [1.54, 1.807) is 0 Å². The predicted octanol–water partition coefficient (Wildman–Crippen LogP) is 1.17. The number of hydrogen-bond acceptors (Lipinski definition) is 3. The van der Waals surface area contributed by atoms with Gasteiger partial charge in [-0.1, -0.05) is 25.8 Å². The summed E-state index contributed by atoms with van der Waals surface area (Å²) in [5.74, 6) is 7.70. The fraction of sp³-hybridized carbons (Fsp3) is 0.600. The molecule has 0 aromatic heterocycles. The van der Waals surface area contributed by atoms with Gasteiger partial charge >= 0.3 is 0 Å². The molecule has 1 aliphatic carbocycles. The standard InChI is InChI=1S/C15H23N3/c1-12(2)13-4-6-14(16-3)15(7-5-13)18-10-8-17-9-11-18/h4,6,12-13,16-17H,8-11H2,1-3H3. The minimum Gasteiger partial charge on any atom is -0.386 e. The molecule has 2 aliphatic rings. The molecule has 2 N–H and O–H groups in total. The molecule has 1 unspecified atom stereocenters. The van der Waals surface area contributed by atoms with Crippen molar-refractivity contribution >= 4 is 0 Å². The van der Waals surface area contributed by atoms with Gasteiger partial charge in [0.1, 0.15) is 5.70 Å². The highest BCUT2D eigenvalue weighted by molar-refractivity contribution is 5.41. The molecule has 0 radical (unpaired) electrons. The SMILES string of the molecule is CNC1=C(N2CCNCC2)C#CC(C(C)C)C=C1. The van der Waals surface area contributed by atoms with E-state index in [9.17, 15) is 0 Å². The van der Waals surface area contributed by atoms with Crippen LogP contribution in [0.1, 0.15) is 13.8 Å². The number of allylic oxidation sites excluding steroid dienone is 3. The molecule has 1 saturated heterocycles. The third-order valence-electron chi connectivity index (χ3n) is 3.50. The number of rotatable bonds is 3. The van der Waals surface area contributed by atoms with Crippen LogP contribution in [0.15, 0.2) is 23.5 Å². The van der Waals surface area contributed by atoms with Crippen LogP contribution in [0.5, 0.6) is 0 Å². The molecule has 0 saturated carbocycles. The molecule has 1 atom stereocenters. The van der Waals surface area contributed by atoms with E-state index in [-0.39, 0.29) is 0 Å². The molecule has 1 aliphatic heterocycles. The van der Waals surface area contributed by atoms with Crippen molar-refractivity contribution in [1.82, 2.24) is 15.5 Å². The van der Waals surface area contributed by atoms with Crippen LogP contribution in [0, 0.1) is 23.7 Å². The van der Waals surface area contributed by atoms with Crippen molar-refractivity contribution in [2.24, 2.45) is 11.8 Å². The van der Waals surface area contributed by atoms with Gasteiger partial charge < -0.3 is 15.5 Å². The van der Waals surface area contributed by atoms with Gasteiger partial charge in [0, 0.05) is 39.1 Å². The molecule has 0 amide bonds. The van der Waals surface area contributed by atoms with Crippen LogP contribution in [-0.4, -0.2) is 38.1 Å². The fourth-order valence-corrected chi connectivity index (χ4v) is 2.27. The van der Waals surface area contributed by atoms with Gasteiger partial charge in [-0.2, -0.15) is 0 Å². The van der Waals surface area contributed by atoms with Gasteiger partial charge in [-0.25, -0.2) is 0 Å². The van der Waals surface area contributed by atoms with E-state index in [0.29, 0.717) is 11.8 Å². The minimum absolute atomic E-state index is 0.355. The van der Waals surface area contributed by atoms with E-state index in [4.69, 9.17) is 0 Å².